The molecule has 0 radical (unpaired) electrons. The van der Waals surface area contributed by atoms with Crippen LogP contribution in [0.1, 0.15) is 58.8 Å². The molecule has 0 heterocycles. The van der Waals surface area contributed by atoms with Gasteiger partial charge in [0.2, 0.25) is 0 Å². The first kappa shape index (κ1) is 9.55. The Morgan fingerprint density at radius 2 is 1.23 bits per heavy atom. The fourth-order valence-corrected chi connectivity index (χ4v) is 4.06. The van der Waals surface area contributed by atoms with Crippen LogP contribution in [0.5, 0.6) is 0 Å². The van der Waals surface area contributed by atoms with Gasteiger partial charge in [0.15, 0.2) is 0 Å². The average molecular weight is 180 g/mol. The predicted octanol–water partition coefficient (Wildman–Crippen LogP) is 4.25. The zero-order chi connectivity index (χ0) is 9.26. The van der Waals surface area contributed by atoms with E-state index in [1.54, 1.807) is 12.8 Å². The first-order valence-electron chi connectivity index (χ1n) is 6.36. The quantitative estimate of drug-likeness (QED) is 0.596. The van der Waals surface area contributed by atoms with Crippen molar-refractivity contribution in [1.29, 1.82) is 0 Å². The number of hydrogen-bond donors (Lipinski definition) is 0. The molecule has 2 fully saturated rings. The molecule has 2 aliphatic rings. The summed E-state index contributed by atoms with van der Waals surface area (Å²) in [5.74, 6) is 4.44. The minimum Gasteiger partial charge on any atom is -0.0651 e. The van der Waals surface area contributed by atoms with Crippen LogP contribution >= 0.6 is 0 Å². The lowest BCUT2D eigenvalue weighted by Gasteiger charge is -2.39. The third-order valence-electron chi connectivity index (χ3n) is 4.79. The second kappa shape index (κ2) is 4.02. The first-order chi connectivity index (χ1) is 6.36. The molecule has 0 aromatic heterocycles. The highest BCUT2D eigenvalue weighted by Crippen LogP contribution is 2.50. The van der Waals surface area contributed by atoms with Gasteiger partial charge in [0.05, 0.1) is 0 Å². The Kier molecular flexibility index (Phi) is 2.96. The van der Waals surface area contributed by atoms with Crippen molar-refractivity contribution in [1.82, 2.24) is 0 Å². The van der Waals surface area contributed by atoms with Gasteiger partial charge in [-0.3, -0.25) is 0 Å². The molecule has 0 saturated heterocycles. The molecule has 0 amide bonds. The summed E-state index contributed by atoms with van der Waals surface area (Å²) in [5, 5.41) is 0. The van der Waals surface area contributed by atoms with Crippen molar-refractivity contribution in [3.8, 4) is 0 Å². The molecule has 4 unspecified atom stereocenters. The van der Waals surface area contributed by atoms with E-state index in [1.807, 2.05) is 0 Å². The van der Waals surface area contributed by atoms with Crippen LogP contribution < -0.4 is 0 Å². The van der Waals surface area contributed by atoms with Crippen LogP contribution in [0, 0.1) is 23.7 Å². The maximum Gasteiger partial charge on any atom is -0.0355 e. The molecule has 0 N–H and O–H groups in total. The molecular weight excluding hydrogens is 156 g/mol. The van der Waals surface area contributed by atoms with E-state index in [9.17, 15) is 0 Å². The van der Waals surface area contributed by atoms with Gasteiger partial charge in [0.25, 0.3) is 0 Å². The Hall–Kier alpha value is 0. The van der Waals surface area contributed by atoms with Gasteiger partial charge >= 0.3 is 0 Å². The van der Waals surface area contributed by atoms with Crippen LogP contribution in [-0.2, 0) is 0 Å². The fraction of sp³-hybridized carbons (Fsp3) is 1.00. The van der Waals surface area contributed by atoms with Crippen LogP contribution in [0.4, 0.5) is 0 Å². The topological polar surface area (TPSA) is 0 Å². The van der Waals surface area contributed by atoms with E-state index >= 15 is 0 Å². The van der Waals surface area contributed by atoms with Gasteiger partial charge < -0.3 is 0 Å². The highest BCUT2D eigenvalue weighted by molar-refractivity contribution is 4.90. The van der Waals surface area contributed by atoms with Gasteiger partial charge in [-0.15, -0.1) is 0 Å². The van der Waals surface area contributed by atoms with E-state index in [-0.39, 0.29) is 0 Å². The lowest BCUT2D eigenvalue weighted by atomic mass is 9.66. The molecular formula is C13H24. The van der Waals surface area contributed by atoms with Crippen molar-refractivity contribution in [2.24, 2.45) is 23.7 Å². The third kappa shape index (κ3) is 1.65. The summed E-state index contributed by atoms with van der Waals surface area (Å²) in [5.41, 5.74) is 0. The van der Waals surface area contributed by atoms with Gasteiger partial charge in [-0.2, -0.15) is 0 Å². The second-order valence-corrected chi connectivity index (χ2v) is 5.17. The number of hydrogen-bond acceptors (Lipinski definition) is 0. The lowest BCUT2D eigenvalue weighted by molar-refractivity contribution is 0.109. The molecule has 0 aromatic rings. The largest absolute Gasteiger partial charge is 0.0651 e. The van der Waals surface area contributed by atoms with Crippen molar-refractivity contribution in [3.63, 3.8) is 0 Å². The summed E-state index contributed by atoms with van der Waals surface area (Å²) in [7, 11) is 0. The zero-order valence-electron chi connectivity index (χ0n) is 9.26. The van der Waals surface area contributed by atoms with Crippen molar-refractivity contribution in [3.05, 3.63) is 0 Å². The Bertz CT molecular complexity index is 143. The van der Waals surface area contributed by atoms with Crippen molar-refractivity contribution in [2.45, 2.75) is 58.8 Å². The smallest absolute Gasteiger partial charge is 0.0355 e. The summed E-state index contributed by atoms with van der Waals surface area (Å²) in [6, 6.07) is 0. The Morgan fingerprint density at radius 3 is 1.62 bits per heavy atom. The maximum atomic E-state index is 2.40. The van der Waals surface area contributed by atoms with E-state index in [0.717, 1.165) is 23.7 Å². The normalized spacial score (nSPS) is 44.8. The Morgan fingerprint density at radius 1 is 0.769 bits per heavy atom. The van der Waals surface area contributed by atoms with E-state index in [4.69, 9.17) is 0 Å². The van der Waals surface area contributed by atoms with E-state index in [1.165, 1.54) is 32.1 Å². The summed E-state index contributed by atoms with van der Waals surface area (Å²) in [6.45, 7) is 4.79. The molecule has 0 heteroatoms. The van der Waals surface area contributed by atoms with Gasteiger partial charge in [-0.05, 0) is 49.4 Å². The molecule has 0 spiro atoms. The van der Waals surface area contributed by atoms with Gasteiger partial charge in [-0.25, -0.2) is 0 Å². The van der Waals surface area contributed by atoms with E-state index in [2.05, 4.69) is 13.8 Å². The number of rotatable bonds is 2. The second-order valence-electron chi connectivity index (χ2n) is 5.17. The molecule has 2 rings (SSSR count). The molecule has 76 valence electrons. The minimum atomic E-state index is 1.09. The first-order valence-corrected chi connectivity index (χ1v) is 6.36. The van der Waals surface area contributed by atoms with Gasteiger partial charge in [-0.1, -0.05) is 33.1 Å². The van der Waals surface area contributed by atoms with Crippen LogP contribution in [0.25, 0.3) is 0 Å². The van der Waals surface area contributed by atoms with Crippen molar-refractivity contribution >= 4 is 0 Å². The molecule has 2 aliphatic carbocycles. The molecule has 4 atom stereocenters. The predicted molar refractivity (Wildman–Crippen MR) is 57.6 cm³/mol. The fourth-order valence-electron chi connectivity index (χ4n) is 4.06. The Labute approximate surface area is 83.1 Å². The zero-order valence-corrected chi connectivity index (χ0v) is 9.26. The lowest BCUT2D eigenvalue weighted by Crippen LogP contribution is -2.30. The summed E-state index contributed by atoms with van der Waals surface area (Å²) >= 11 is 0. The van der Waals surface area contributed by atoms with Crippen LogP contribution in [0.15, 0.2) is 0 Å². The average Bonchev–Trinajstić information content (AvgIpc) is 2.64. The maximum absolute atomic E-state index is 2.40. The Balaban J connectivity index is 2.04. The molecule has 0 aromatic carbocycles. The minimum absolute atomic E-state index is 1.09. The van der Waals surface area contributed by atoms with E-state index in [0.29, 0.717) is 0 Å². The third-order valence-corrected chi connectivity index (χ3v) is 4.79. The molecule has 0 nitrogen and oxygen atoms in total. The van der Waals surface area contributed by atoms with E-state index < -0.39 is 0 Å². The van der Waals surface area contributed by atoms with Gasteiger partial charge in [0.1, 0.15) is 0 Å². The molecule has 13 heavy (non-hydrogen) atoms. The van der Waals surface area contributed by atoms with Crippen molar-refractivity contribution in [2.75, 3.05) is 0 Å². The van der Waals surface area contributed by atoms with Crippen LogP contribution in [-0.4, -0.2) is 0 Å². The summed E-state index contributed by atoms with van der Waals surface area (Å²) < 4.78 is 0. The summed E-state index contributed by atoms with van der Waals surface area (Å²) in [4.78, 5) is 0. The highest BCUT2D eigenvalue weighted by Gasteiger charge is 2.40. The highest BCUT2D eigenvalue weighted by atomic mass is 14.4. The monoisotopic (exact) mass is 180 g/mol. The number of fused-ring (bicyclic) bond motifs is 1. The molecule has 0 bridgehead atoms. The summed E-state index contributed by atoms with van der Waals surface area (Å²) in [6.07, 6.45) is 10.6. The standard InChI is InChI=1S/C13H24/c1-3-10-8-9-11(4-2)13-7-5-6-12(10)13/h10-13H,3-9H2,1-2H3. The molecule has 0 aliphatic heterocycles. The van der Waals surface area contributed by atoms with Crippen LogP contribution in [0.2, 0.25) is 0 Å². The van der Waals surface area contributed by atoms with Crippen molar-refractivity contribution < 1.29 is 0 Å². The van der Waals surface area contributed by atoms with Gasteiger partial charge in [0, 0.05) is 0 Å². The SMILES string of the molecule is CCC1CCC(CC)C2CCCC12. The molecule has 2 saturated carbocycles. The van der Waals surface area contributed by atoms with Crippen LogP contribution in [0.3, 0.4) is 0 Å².